The van der Waals surface area contributed by atoms with E-state index in [1.807, 2.05) is 26.0 Å². The van der Waals surface area contributed by atoms with Crippen molar-refractivity contribution in [2.24, 2.45) is 5.92 Å². The molecule has 25 heavy (non-hydrogen) atoms. The Bertz CT molecular complexity index is 996. The number of benzene rings is 1. The third-order valence-corrected chi connectivity index (χ3v) is 4.58. The maximum absolute atomic E-state index is 13.6. The first-order valence-corrected chi connectivity index (χ1v) is 8.36. The highest BCUT2D eigenvalue weighted by Crippen LogP contribution is 2.31. The summed E-state index contributed by atoms with van der Waals surface area (Å²) in [5, 5.41) is 4.70. The Kier molecular flexibility index (Phi) is 3.71. The van der Waals surface area contributed by atoms with E-state index < -0.39 is 0 Å². The van der Waals surface area contributed by atoms with Gasteiger partial charge in [0.25, 0.3) is 0 Å². The van der Waals surface area contributed by atoms with Crippen molar-refractivity contribution >= 4 is 22.5 Å². The number of halogens is 1. The van der Waals surface area contributed by atoms with Crippen molar-refractivity contribution in [1.82, 2.24) is 9.97 Å². The molecule has 0 radical (unpaired) electrons. The largest absolute Gasteiger partial charge is 0.310 e. The molecule has 4 rings (SSSR count). The van der Waals surface area contributed by atoms with Crippen molar-refractivity contribution in [3.05, 3.63) is 53.6 Å². The molecule has 0 aliphatic heterocycles. The Hall–Kier alpha value is -2.82. The quantitative estimate of drug-likeness (QED) is 0.772. The third-order valence-electron chi connectivity index (χ3n) is 4.58. The standard InChI is InChI=1S/C20H18FN3O/c1-11-3-6-15(21)8-16(11)18-7-14-10-22-19(9-17(14)12(2)23-18)24-20(25)13-4-5-13/h3,6-10,13H,4-5H2,1-2H3,(H,22,24,25). The zero-order valence-electron chi connectivity index (χ0n) is 14.1. The number of hydrogen-bond donors (Lipinski definition) is 1. The van der Waals surface area contributed by atoms with Crippen LogP contribution in [0, 0.1) is 25.6 Å². The van der Waals surface area contributed by atoms with Crippen molar-refractivity contribution in [2.45, 2.75) is 26.7 Å². The summed E-state index contributed by atoms with van der Waals surface area (Å²) in [6.07, 6.45) is 3.64. The van der Waals surface area contributed by atoms with Crippen molar-refractivity contribution in [1.29, 1.82) is 0 Å². The van der Waals surface area contributed by atoms with Crippen LogP contribution in [0.4, 0.5) is 10.2 Å². The summed E-state index contributed by atoms with van der Waals surface area (Å²) in [7, 11) is 0. The first kappa shape index (κ1) is 15.7. The molecule has 1 aromatic carbocycles. The van der Waals surface area contributed by atoms with Gasteiger partial charge >= 0.3 is 0 Å². The van der Waals surface area contributed by atoms with Gasteiger partial charge in [0.1, 0.15) is 11.6 Å². The van der Waals surface area contributed by atoms with Gasteiger partial charge in [-0.05, 0) is 56.5 Å². The number of fused-ring (bicyclic) bond motifs is 1. The molecular weight excluding hydrogens is 317 g/mol. The predicted octanol–water partition coefficient (Wildman–Crippen LogP) is 4.40. The molecule has 1 aliphatic carbocycles. The van der Waals surface area contributed by atoms with Gasteiger partial charge in [-0.25, -0.2) is 9.37 Å². The lowest BCUT2D eigenvalue weighted by molar-refractivity contribution is -0.117. The van der Waals surface area contributed by atoms with Gasteiger partial charge in [-0.15, -0.1) is 0 Å². The fourth-order valence-electron chi connectivity index (χ4n) is 2.97. The molecule has 0 atom stereocenters. The van der Waals surface area contributed by atoms with E-state index >= 15 is 0 Å². The van der Waals surface area contributed by atoms with Gasteiger partial charge in [0.05, 0.1) is 5.69 Å². The number of amides is 1. The van der Waals surface area contributed by atoms with Crippen LogP contribution in [0.25, 0.3) is 22.0 Å². The fourth-order valence-corrected chi connectivity index (χ4v) is 2.97. The number of anilines is 1. The van der Waals surface area contributed by atoms with Crippen LogP contribution in [-0.2, 0) is 4.79 Å². The van der Waals surface area contributed by atoms with Crippen LogP contribution in [0.15, 0.2) is 36.5 Å². The minimum atomic E-state index is -0.281. The van der Waals surface area contributed by atoms with Gasteiger partial charge in [0.2, 0.25) is 5.91 Å². The second-order valence-electron chi connectivity index (χ2n) is 6.61. The maximum atomic E-state index is 13.6. The summed E-state index contributed by atoms with van der Waals surface area (Å²) in [6, 6.07) is 8.45. The SMILES string of the molecule is Cc1ccc(F)cc1-c1cc2cnc(NC(=O)C3CC3)cc2c(C)n1. The first-order valence-electron chi connectivity index (χ1n) is 8.36. The number of nitrogens with zero attached hydrogens (tertiary/aromatic N) is 2. The van der Waals surface area contributed by atoms with Crippen molar-refractivity contribution in [3.8, 4) is 11.3 Å². The molecule has 1 fully saturated rings. The molecule has 1 amide bonds. The molecule has 1 saturated carbocycles. The van der Waals surface area contributed by atoms with Crippen LogP contribution in [0.3, 0.4) is 0 Å². The molecular formula is C20H18FN3O. The van der Waals surface area contributed by atoms with Gasteiger partial charge in [-0.1, -0.05) is 6.07 Å². The molecule has 3 aromatic rings. The van der Waals surface area contributed by atoms with Crippen LogP contribution in [0.2, 0.25) is 0 Å². The normalized spacial score (nSPS) is 13.9. The highest BCUT2D eigenvalue weighted by Gasteiger charge is 2.29. The number of hydrogen-bond acceptors (Lipinski definition) is 3. The summed E-state index contributed by atoms with van der Waals surface area (Å²) in [5.74, 6) is 0.430. The second kappa shape index (κ2) is 5.92. The summed E-state index contributed by atoms with van der Waals surface area (Å²) in [4.78, 5) is 20.9. The fraction of sp³-hybridized carbons (Fsp3) is 0.250. The molecule has 2 aromatic heterocycles. The third kappa shape index (κ3) is 3.09. The minimum Gasteiger partial charge on any atom is -0.310 e. The maximum Gasteiger partial charge on any atom is 0.228 e. The number of rotatable bonds is 3. The van der Waals surface area contributed by atoms with E-state index in [4.69, 9.17) is 0 Å². The minimum absolute atomic E-state index is 0.0319. The van der Waals surface area contributed by atoms with Crippen LogP contribution < -0.4 is 5.32 Å². The highest BCUT2D eigenvalue weighted by atomic mass is 19.1. The Balaban J connectivity index is 1.75. The molecule has 0 spiro atoms. The monoisotopic (exact) mass is 335 g/mol. The summed E-state index contributed by atoms with van der Waals surface area (Å²) < 4.78 is 13.6. The Morgan fingerprint density at radius 3 is 2.76 bits per heavy atom. The average Bonchev–Trinajstić information content (AvgIpc) is 3.42. The number of pyridine rings is 2. The van der Waals surface area contributed by atoms with E-state index in [0.29, 0.717) is 5.82 Å². The average molecular weight is 335 g/mol. The first-order chi connectivity index (χ1) is 12.0. The number of aromatic nitrogens is 2. The van der Waals surface area contributed by atoms with Crippen LogP contribution in [-0.4, -0.2) is 15.9 Å². The molecule has 5 heteroatoms. The van der Waals surface area contributed by atoms with Gasteiger partial charge < -0.3 is 5.32 Å². The molecule has 0 bridgehead atoms. The number of aryl methyl sites for hydroxylation is 2. The molecule has 4 nitrogen and oxygen atoms in total. The van der Waals surface area contributed by atoms with Gasteiger partial charge in [0, 0.05) is 34.1 Å². The van der Waals surface area contributed by atoms with Crippen molar-refractivity contribution in [3.63, 3.8) is 0 Å². The van der Waals surface area contributed by atoms with Crippen molar-refractivity contribution < 1.29 is 9.18 Å². The lowest BCUT2D eigenvalue weighted by Crippen LogP contribution is -2.14. The van der Waals surface area contributed by atoms with Gasteiger partial charge in [0.15, 0.2) is 0 Å². The second-order valence-corrected chi connectivity index (χ2v) is 6.61. The molecule has 0 saturated heterocycles. The van der Waals surface area contributed by atoms with E-state index in [0.717, 1.165) is 46.1 Å². The van der Waals surface area contributed by atoms with Crippen LogP contribution in [0.1, 0.15) is 24.1 Å². The molecule has 1 aliphatic rings. The van der Waals surface area contributed by atoms with E-state index in [-0.39, 0.29) is 17.6 Å². The lowest BCUT2D eigenvalue weighted by atomic mass is 10.0. The van der Waals surface area contributed by atoms with E-state index in [1.54, 1.807) is 12.3 Å². The summed E-state index contributed by atoms with van der Waals surface area (Å²) in [5.41, 5.74) is 3.28. The van der Waals surface area contributed by atoms with Crippen molar-refractivity contribution in [2.75, 3.05) is 5.32 Å². The van der Waals surface area contributed by atoms with E-state index in [9.17, 15) is 9.18 Å². The number of carbonyl (C=O) groups is 1. The molecule has 126 valence electrons. The topological polar surface area (TPSA) is 54.9 Å². The van der Waals surface area contributed by atoms with E-state index in [2.05, 4.69) is 15.3 Å². The summed E-state index contributed by atoms with van der Waals surface area (Å²) in [6.45, 7) is 3.84. The molecule has 1 N–H and O–H groups in total. The van der Waals surface area contributed by atoms with Gasteiger partial charge in [-0.2, -0.15) is 0 Å². The smallest absolute Gasteiger partial charge is 0.228 e. The Morgan fingerprint density at radius 1 is 1.20 bits per heavy atom. The van der Waals surface area contributed by atoms with Crippen LogP contribution >= 0.6 is 0 Å². The Labute approximate surface area is 145 Å². The zero-order chi connectivity index (χ0) is 17.6. The summed E-state index contributed by atoms with van der Waals surface area (Å²) >= 11 is 0. The highest BCUT2D eigenvalue weighted by molar-refractivity contribution is 5.96. The van der Waals surface area contributed by atoms with E-state index in [1.165, 1.54) is 12.1 Å². The lowest BCUT2D eigenvalue weighted by Gasteiger charge is -2.10. The number of carbonyl (C=O) groups excluding carboxylic acids is 1. The van der Waals surface area contributed by atoms with Gasteiger partial charge in [-0.3, -0.25) is 9.78 Å². The van der Waals surface area contributed by atoms with Crippen LogP contribution in [0.5, 0.6) is 0 Å². The predicted molar refractivity (Wildman–Crippen MR) is 95.8 cm³/mol. The zero-order valence-corrected chi connectivity index (χ0v) is 14.1. The molecule has 2 heterocycles. The Morgan fingerprint density at radius 2 is 2.00 bits per heavy atom. The molecule has 0 unspecified atom stereocenters. The number of nitrogens with one attached hydrogen (secondary N) is 1.